The number of fused-ring (bicyclic) bond motifs is 4. The second-order valence-corrected chi connectivity index (χ2v) is 14.2. The molecule has 0 saturated carbocycles. The van der Waals surface area contributed by atoms with Crippen molar-refractivity contribution in [3.63, 3.8) is 0 Å². The molecule has 4 heteroatoms. The van der Waals surface area contributed by atoms with Crippen LogP contribution in [0.15, 0.2) is 34.1 Å². The minimum absolute atomic E-state index is 0.418. The Hall–Kier alpha value is -3.01. The van der Waals surface area contributed by atoms with Crippen LogP contribution in [0.4, 0.5) is 0 Å². The number of aryl methyl sites for hydroxylation is 1. The van der Waals surface area contributed by atoms with Gasteiger partial charge in [-0.05, 0) is 147 Å². The van der Waals surface area contributed by atoms with E-state index in [0.717, 1.165) is 25.7 Å². The molecule has 0 radical (unpaired) electrons. The lowest BCUT2D eigenvalue weighted by molar-refractivity contribution is 0.579. The number of hydrogen-bond acceptors (Lipinski definition) is 1. The predicted octanol–water partition coefficient (Wildman–Crippen LogP) is 9.94. The summed E-state index contributed by atoms with van der Waals surface area (Å²) < 4.78 is 0. The molecule has 4 nitrogen and oxygen atoms in total. The summed E-state index contributed by atoms with van der Waals surface area (Å²) in [5.74, 6) is 1.34. The average molecular weight is 589 g/mol. The Morgan fingerprint density at radius 2 is 1.25 bits per heavy atom. The highest BCUT2D eigenvalue weighted by Gasteiger charge is 2.38. The van der Waals surface area contributed by atoms with Crippen molar-refractivity contribution in [3.8, 4) is 0 Å². The highest BCUT2D eigenvalue weighted by molar-refractivity contribution is 6.09. The van der Waals surface area contributed by atoms with Gasteiger partial charge in [0, 0.05) is 52.4 Å². The van der Waals surface area contributed by atoms with Crippen LogP contribution in [0.25, 0.3) is 0 Å². The van der Waals surface area contributed by atoms with Gasteiger partial charge in [-0.15, -0.1) is 0 Å². The molecule has 0 fully saturated rings. The average Bonchev–Trinajstić information content (AvgIpc) is 3.84. The van der Waals surface area contributed by atoms with Crippen LogP contribution in [0, 0.1) is 0 Å². The van der Waals surface area contributed by atoms with E-state index in [9.17, 15) is 0 Å². The van der Waals surface area contributed by atoms with Crippen molar-refractivity contribution in [2.45, 2.75) is 148 Å². The van der Waals surface area contributed by atoms with Crippen molar-refractivity contribution in [2.24, 2.45) is 4.99 Å². The predicted molar refractivity (Wildman–Crippen MR) is 182 cm³/mol. The fraction of sp³-hybridized carbons (Fsp3) is 0.575. The maximum Gasteiger partial charge on any atom is 0.0628 e. The van der Waals surface area contributed by atoms with Crippen LogP contribution < -0.4 is 0 Å². The molecule has 3 aromatic heterocycles. The van der Waals surface area contributed by atoms with Gasteiger partial charge >= 0.3 is 0 Å². The first-order valence-electron chi connectivity index (χ1n) is 18.3. The Balaban J connectivity index is 1.21. The number of allylic oxidation sites excluding steroid dienone is 3. The third-order valence-electron chi connectivity index (χ3n) is 12.1. The molecule has 232 valence electrons. The number of aromatic nitrogens is 3. The summed E-state index contributed by atoms with van der Waals surface area (Å²) in [5, 5.41) is 0. The first-order valence-corrected chi connectivity index (χ1v) is 18.3. The van der Waals surface area contributed by atoms with E-state index in [1.165, 1.54) is 122 Å². The van der Waals surface area contributed by atoms with E-state index in [1.807, 2.05) is 0 Å². The highest BCUT2D eigenvalue weighted by atomic mass is 14.9. The van der Waals surface area contributed by atoms with E-state index >= 15 is 0 Å². The van der Waals surface area contributed by atoms with Gasteiger partial charge in [0.15, 0.2) is 0 Å². The Bertz CT molecular complexity index is 1680. The third-order valence-corrected chi connectivity index (χ3v) is 12.1. The molecular weight excluding hydrogens is 536 g/mol. The first-order chi connectivity index (χ1) is 21.7. The topological polar surface area (TPSA) is 59.7 Å². The van der Waals surface area contributed by atoms with Gasteiger partial charge in [0.05, 0.1) is 11.4 Å². The van der Waals surface area contributed by atoms with Crippen LogP contribution >= 0.6 is 0 Å². The van der Waals surface area contributed by atoms with Gasteiger partial charge in [-0.3, -0.25) is 4.99 Å². The van der Waals surface area contributed by atoms with Gasteiger partial charge in [0.2, 0.25) is 0 Å². The molecule has 4 heterocycles. The second-order valence-electron chi connectivity index (χ2n) is 14.2. The number of aliphatic imine (C=N–C) groups is 1. The summed E-state index contributed by atoms with van der Waals surface area (Å²) in [4.78, 5) is 17.6. The van der Waals surface area contributed by atoms with E-state index in [0.29, 0.717) is 17.8 Å². The van der Waals surface area contributed by atoms with Gasteiger partial charge in [-0.25, -0.2) is 0 Å². The molecule has 8 rings (SSSR count). The normalized spacial score (nSPS) is 24.5. The molecule has 3 atom stereocenters. The maximum absolute atomic E-state index is 5.38. The summed E-state index contributed by atoms with van der Waals surface area (Å²) in [6, 6.07) is 0. The molecule has 4 aliphatic carbocycles. The van der Waals surface area contributed by atoms with Crippen molar-refractivity contribution >= 4 is 5.71 Å². The number of nitrogens with zero attached hydrogens (tertiary/aromatic N) is 1. The van der Waals surface area contributed by atoms with Crippen LogP contribution in [-0.2, 0) is 38.5 Å². The fourth-order valence-electron chi connectivity index (χ4n) is 10.2. The fourth-order valence-corrected chi connectivity index (χ4v) is 10.2. The Labute approximate surface area is 264 Å². The minimum atomic E-state index is 0.418. The largest absolute Gasteiger partial charge is 0.364 e. The molecule has 0 saturated heterocycles. The number of rotatable bonds is 7. The van der Waals surface area contributed by atoms with Gasteiger partial charge in [-0.1, -0.05) is 33.8 Å². The lowest BCUT2D eigenvalue weighted by Crippen LogP contribution is -2.19. The zero-order valence-corrected chi connectivity index (χ0v) is 27.6. The Morgan fingerprint density at radius 1 is 0.636 bits per heavy atom. The van der Waals surface area contributed by atoms with Gasteiger partial charge in [0.25, 0.3) is 0 Å². The first kappa shape index (κ1) is 28.5. The molecule has 1 aliphatic heterocycles. The highest BCUT2D eigenvalue weighted by Crippen LogP contribution is 2.48. The van der Waals surface area contributed by atoms with Crippen LogP contribution in [0.2, 0.25) is 0 Å². The van der Waals surface area contributed by atoms with E-state index in [-0.39, 0.29) is 0 Å². The van der Waals surface area contributed by atoms with E-state index in [1.54, 1.807) is 39.0 Å². The smallest absolute Gasteiger partial charge is 0.0628 e. The van der Waals surface area contributed by atoms with Crippen molar-refractivity contribution < 1.29 is 0 Å². The molecule has 44 heavy (non-hydrogen) atoms. The Kier molecular flexibility index (Phi) is 7.38. The van der Waals surface area contributed by atoms with Crippen LogP contribution in [-0.4, -0.2) is 20.7 Å². The van der Waals surface area contributed by atoms with E-state index < -0.39 is 0 Å². The SMILES string of the molecule is CCC1=C2CCCC=C2N=C1C1CCCc2c1[nH]c(C1CCCc3c1[nH]c(C1CCCc4c(CC)c[nH]c41)c3CC)c2CC. The molecule has 0 spiro atoms. The van der Waals surface area contributed by atoms with E-state index in [2.05, 4.69) is 54.9 Å². The number of H-pyrrole nitrogens is 3. The summed E-state index contributed by atoms with van der Waals surface area (Å²) in [6.07, 6.45) is 24.1. The van der Waals surface area contributed by atoms with Crippen LogP contribution in [0.1, 0.15) is 172 Å². The Morgan fingerprint density at radius 3 is 1.89 bits per heavy atom. The summed E-state index contributed by atoms with van der Waals surface area (Å²) in [6.45, 7) is 9.43. The molecule has 0 aromatic carbocycles. The van der Waals surface area contributed by atoms with Gasteiger partial charge in [0.1, 0.15) is 0 Å². The van der Waals surface area contributed by atoms with Crippen LogP contribution in [0.3, 0.4) is 0 Å². The number of hydrogen-bond donors (Lipinski definition) is 3. The zero-order chi connectivity index (χ0) is 29.9. The molecule has 0 bridgehead atoms. The quantitative estimate of drug-likeness (QED) is 0.246. The summed E-state index contributed by atoms with van der Waals surface area (Å²) >= 11 is 0. The van der Waals surface area contributed by atoms with Gasteiger partial charge < -0.3 is 15.0 Å². The van der Waals surface area contributed by atoms with Crippen molar-refractivity contribution in [2.75, 3.05) is 0 Å². The van der Waals surface area contributed by atoms with Crippen LogP contribution in [0.5, 0.6) is 0 Å². The summed E-state index contributed by atoms with van der Waals surface area (Å²) in [7, 11) is 0. The van der Waals surface area contributed by atoms with Crippen molar-refractivity contribution in [3.05, 3.63) is 91.0 Å². The monoisotopic (exact) mass is 588 g/mol. The lowest BCUT2D eigenvalue weighted by Gasteiger charge is -2.25. The molecule has 3 aromatic rings. The molecule has 3 N–H and O–H groups in total. The second kappa shape index (κ2) is 11.4. The zero-order valence-electron chi connectivity index (χ0n) is 27.6. The third kappa shape index (κ3) is 4.26. The maximum atomic E-state index is 5.38. The lowest BCUT2D eigenvalue weighted by atomic mass is 9.78. The molecule has 0 amide bonds. The van der Waals surface area contributed by atoms with Crippen molar-refractivity contribution in [1.82, 2.24) is 15.0 Å². The molecular formula is C40H52N4. The number of aromatic amines is 3. The van der Waals surface area contributed by atoms with E-state index in [4.69, 9.17) is 4.99 Å². The molecule has 5 aliphatic rings. The minimum Gasteiger partial charge on any atom is -0.364 e. The number of nitrogens with one attached hydrogen (secondary N) is 3. The summed E-state index contributed by atoms with van der Waals surface area (Å²) in [5.41, 5.74) is 23.1. The standard InChI is InChI=1S/C40H52N4/c1-5-23-22-41-35-27(23)15-11-18-31(35)37-25(7-3)29-17-13-20-33(40(29)43-37)38-26(8-4)30-16-12-19-32(39(30)44-38)36-24(6-2)28-14-9-10-21-34(28)42-36/h21-22,31-33,41,43-44H,5-20H2,1-4H3. The molecule has 3 unspecified atom stereocenters. The van der Waals surface area contributed by atoms with Gasteiger partial charge in [-0.2, -0.15) is 0 Å². The van der Waals surface area contributed by atoms with Crippen molar-refractivity contribution in [1.29, 1.82) is 0 Å².